The molecule has 0 spiro atoms. The van der Waals surface area contributed by atoms with Crippen LogP contribution in [0.15, 0.2) is 54.6 Å². The van der Waals surface area contributed by atoms with E-state index in [9.17, 15) is 19.8 Å². The number of thioether (sulfide) groups is 2. The Morgan fingerprint density at radius 2 is 1.94 bits per heavy atom. The number of aryl methyl sites for hydroxylation is 1. The van der Waals surface area contributed by atoms with Crippen LogP contribution in [0, 0.1) is 5.92 Å². The number of aliphatic hydroxyl groups is 2. The van der Waals surface area contributed by atoms with Crippen molar-refractivity contribution in [3.05, 3.63) is 60.2 Å². The Balaban J connectivity index is 1.50. The van der Waals surface area contributed by atoms with E-state index in [0.717, 1.165) is 24.3 Å². The van der Waals surface area contributed by atoms with Gasteiger partial charge in [0, 0.05) is 12.3 Å². The van der Waals surface area contributed by atoms with Crippen LogP contribution in [0.4, 0.5) is 0 Å². The maximum atomic E-state index is 12.3. The number of aliphatic carboxylic acids is 1. The van der Waals surface area contributed by atoms with Gasteiger partial charge in [-0.15, -0.1) is 11.8 Å². The summed E-state index contributed by atoms with van der Waals surface area (Å²) in [5, 5.41) is 31.6. The third-order valence-corrected chi connectivity index (χ3v) is 8.11. The molecule has 0 radical (unpaired) electrons. The Labute approximate surface area is 197 Å². The molecule has 1 saturated carbocycles. The van der Waals surface area contributed by atoms with Gasteiger partial charge in [0.05, 0.1) is 23.2 Å². The number of carbonyl (C=O) groups excluding carboxylic acids is 1. The molecule has 2 aromatic carbocycles. The molecule has 0 aromatic heterocycles. The van der Waals surface area contributed by atoms with Gasteiger partial charge in [-0.25, -0.2) is 0 Å². The summed E-state index contributed by atoms with van der Waals surface area (Å²) in [6, 6.07) is 14.4. The van der Waals surface area contributed by atoms with Gasteiger partial charge in [-0.1, -0.05) is 54.6 Å². The molecule has 0 amide bonds. The lowest BCUT2D eigenvalue weighted by Gasteiger charge is -2.17. The third-order valence-electron chi connectivity index (χ3n) is 5.62. The van der Waals surface area contributed by atoms with Crippen LogP contribution >= 0.6 is 23.5 Å². The minimum absolute atomic E-state index is 0.0422. The molecule has 0 heterocycles. The van der Waals surface area contributed by atoms with Gasteiger partial charge in [0.25, 0.3) is 0 Å². The van der Waals surface area contributed by atoms with Gasteiger partial charge in [-0.2, -0.15) is 11.8 Å². The predicted molar refractivity (Wildman–Crippen MR) is 132 cm³/mol. The number of Topliss-reactive ketones (excluding diaryl/α,β-unsaturated/α-hetero) is 1. The lowest BCUT2D eigenvalue weighted by atomic mass is 9.98. The van der Waals surface area contributed by atoms with E-state index in [1.54, 1.807) is 12.2 Å². The molecule has 2 unspecified atom stereocenters. The van der Waals surface area contributed by atoms with E-state index in [1.807, 2.05) is 18.2 Å². The number of carboxylic acid groups (broad SMARTS) is 1. The van der Waals surface area contributed by atoms with Crippen LogP contribution in [0.1, 0.15) is 24.8 Å². The first-order valence-corrected chi connectivity index (χ1v) is 13.1. The number of aliphatic hydroxyl groups excluding tert-OH is 2. The molecule has 1 aliphatic carbocycles. The van der Waals surface area contributed by atoms with Crippen molar-refractivity contribution in [1.82, 2.24) is 0 Å². The number of benzene rings is 2. The molecule has 0 bridgehead atoms. The fraction of sp³-hybridized carbons (Fsp3) is 0.440. The molecule has 1 fully saturated rings. The minimum Gasteiger partial charge on any atom is -0.481 e. The second-order valence-electron chi connectivity index (χ2n) is 8.04. The van der Waals surface area contributed by atoms with Crippen LogP contribution < -0.4 is 0 Å². The van der Waals surface area contributed by atoms with E-state index in [0.29, 0.717) is 6.42 Å². The Morgan fingerprint density at radius 1 is 1.16 bits per heavy atom. The molecule has 3 N–H and O–H groups in total. The summed E-state index contributed by atoms with van der Waals surface area (Å²) in [5.74, 6) is 0.487. The summed E-state index contributed by atoms with van der Waals surface area (Å²) in [5.41, 5.74) is 1.20. The van der Waals surface area contributed by atoms with Crippen molar-refractivity contribution in [1.29, 1.82) is 0 Å². The summed E-state index contributed by atoms with van der Waals surface area (Å²) in [4.78, 5) is 22.9. The topological polar surface area (TPSA) is 94.8 Å². The van der Waals surface area contributed by atoms with Crippen LogP contribution in [0.5, 0.6) is 0 Å². The standard InChI is InChI=1S/C25H30O5S2/c26-19(10-9-18-7-3-6-17-5-1-2-8-20(17)18)11-12-21-22(27)15-23(28)25(21)32-14-4-13-31-16-24(29)30/h1-3,5-8,11-12,19,21-22,25-27H,4,9-10,13-16H2,(H,29,30)/t19?,21-,22+,25?/m0/s1. The number of carboxylic acids is 1. The average molecular weight is 475 g/mol. The maximum absolute atomic E-state index is 12.3. The van der Waals surface area contributed by atoms with E-state index >= 15 is 0 Å². The second kappa shape index (κ2) is 12.4. The van der Waals surface area contributed by atoms with Gasteiger partial charge < -0.3 is 15.3 Å². The first kappa shape index (κ1) is 24.8. The molecule has 2 aromatic rings. The fourth-order valence-electron chi connectivity index (χ4n) is 4.01. The van der Waals surface area contributed by atoms with E-state index in [1.165, 1.54) is 39.9 Å². The van der Waals surface area contributed by atoms with E-state index in [2.05, 4.69) is 24.3 Å². The van der Waals surface area contributed by atoms with Crippen molar-refractivity contribution < 1.29 is 24.9 Å². The third kappa shape index (κ3) is 7.10. The monoisotopic (exact) mass is 474 g/mol. The molecule has 4 atom stereocenters. The average Bonchev–Trinajstić information content (AvgIpc) is 3.05. The summed E-state index contributed by atoms with van der Waals surface area (Å²) in [6.45, 7) is 0. The maximum Gasteiger partial charge on any atom is 0.313 e. The highest BCUT2D eigenvalue weighted by Crippen LogP contribution is 2.34. The van der Waals surface area contributed by atoms with Gasteiger partial charge in [-0.3, -0.25) is 9.59 Å². The quantitative estimate of drug-likeness (QED) is 0.317. The van der Waals surface area contributed by atoms with Crippen molar-refractivity contribution in [2.24, 2.45) is 5.92 Å². The predicted octanol–water partition coefficient (Wildman–Crippen LogP) is 3.95. The molecule has 5 nitrogen and oxygen atoms in total. The lowest BCUT2D eigenvalue weighted by molar-refractivity contribution is -0.133. The fourth-order valence-corrected chi connectivity index (χ4v) is 6.20. The van der Waals surface area contributed by atoms with E-state index in [4.69, 9.17) is 5.11 Å². The summed E-state index contributed by atoms with van der Waals surface area (Å²) >= 11 is 2.89. The van der Waals surface area contributed by atoms with E-state index in [-0.39, 0.29) is 29.1 Å². The molecule has 32 heavy (non-hydrogen) atoms. The van der Waals surface area contributed by atoms with Crippen molar-refractivity contribution in [2.75, 3.05) is 17.3 Å². The van der Waals surface area contributed by atoms with Crippen LogP contribution in [-0.2, 0) is 16.0 Å². The first-order valence-electron chi connectivity index (χ1n) is 10.9. The molecule has 0 aliphatic heterocycles. The smallest absolute Gasteiger partial charge is 0.313 e. The number of hydrogen-bond acceptors (Lipinski definition) is 6. The van der Waals surface area contributed by atoms with Gasteiger partial charge in [0.1, 0.15) is 5.78 Å². The SMILES string of the molecule is O=C(O)CSCCCSC1C(=O)C[C@@H](O)[C@@H]1C=CC(O)CCc1cccc2ccccc12. The zero-order valence-electron chi connectivity index (χ0n) is 17.9. The highest BCUT2D eigenvalue weighted by Gasteiger charge is 2.40. The summed E-state index contributed by atoms with van der Waals surface area (Å²) in [7, 11) is 0. The second-order valence-corrected chi connectivity index (χ2v) is 10.4. The molecule has 7 heteroatoms. The zero-order valence-corrected chi connectivity index (χ0v) is 19.6. The molecule has 1 aliphatic rings. The Morgan fingerprint density at radius 3 is 2.75 bits per heavy atom. The van der Waals surface area contributed by atoms with Crippen molar-refractivity contribution in [2.45, 2.75) is 43.1 Å². The molecule has 3 rings (SSSR count). The normalized spacial score (nSPS) is 22.1. The van der Waals surface area contributed by atoms with Gasteiger partial charge >= 0.3 is 5.97 Å². The largest absolute Gasteiger partial charge is 0.481 e. The molecule has 0 saturated heterocycles. The summed E-state index contributed by atoms with van der Waals surface area (Å²) < 4.78 is 0. The Bertz CT molecular complexity index is 940. The van der Waals surface area contributed by atoms with Crippen molar-refractivity contribution in [3.8, 4) is 0 Å². The van der Waals surface area contributed by atoms with Gasteiger partial charge in [0.2, 0.25) is 0 Å². The van der Waals surface area contributed by atoms with Crippen molar-refractivity contribution in [3.63, 3.8) is 0 Å². The number of hydrogen-bond donors (Lipinski definition) is 3. The highest BCUT2D eigenvalue weighted by atomic mass is 32.2. The first-order chi connectivity index (χ1) is 15.5. The van der Waals surface area contributed by atoms with Crippen LogP contribution in [-0.4, -0.2) is 61.8 Å². The molecular formula is C25H30O5S2. The van der Waals surface area contributed by atoms with Crippen LogP contribution in [0.2, 0.25) is 0 Å². The van der Waals surface area contributed by atoms with Gasteiger partial charge in [0.15, 0.2) is 0 Å². The van der Waals surface area contributed by atoms with Gasteiger partial charge in [-0.05, 0) is 47.1 Å². The Kier molecular flexibility index (Phi) is 9.66. The Hall–Kier alpha value is -1.80. The number of fused-ring (bicyclic) bond motifs is 1. The van der Waals surface area contributed by atoms with Crippen LogP contribution in [0.25, 0.3) is 10.8 Å². The number of carbonyl (C=O) groups is 2. The number of ketones is 1. The van der Waals surface area contributed by atoms with Crippen molar-refractivity contribution >= 4 is 46.0 Å². The number of rotatable bonds is 12. The lowest BCUT2D eigenvalue weighted by Crippen LogP contribution is -2.22. The molecular weight excluding hydrogens is 444 g/mol. The van der Waals surface area contributed by atoms with E-state index < -0.39 is 18.2 Å². The zero-order chi connectivity index (χ0) is 22.9. The highest BCUT2D eigenvalue weighted by molar-refractivity contribution is 8.01. The summed E-state index contributed by atoms with van der Waals surface area (Å²) in [6.07, 6.45) is 4.43. The molecule has 172 valence electrons. The minimum atomic E-state index is -0.819. The van der Waals surface area contributed by atoms with Crippen LogP contribution in [0.3, 0.4) is 0 Å².